The van der Waals surface area contributed by atoms with Gasteiger partial charge in [0, 0.05) is 13.1 Å². The lowest BCUT2D eigenvalue weighted by molar-refractivity contribution is -0.156. The predicted molar refractivity (Wildman–Crippen MR) is 88.0 cm³/mol. The Hall–Kier alpha value is -3.51. The molecule has 0 aliphatic carbocycles. The van der Waals surface area contributed by atoms with Gasteiger partial charge < -0.3 is 20.9 Å². The van der Waals surface area contributed by atoms with Gasteiger partial charge in [-0.1, -0.05) is 0 Å². The van der Waals surface area contributed by atoms with Crippen molar-refractivity contribution in [2.75, 3.05) is 11.1 Å². The molecule has 0 aliphatic rings. The summed E-state index contributed by atoms with van der Waals surface area (Å²) in [5, 5.41) is 3.82. The zero-order valence-electron chi connectivity index (χ0n) is 14.1. The Kier molecular flexibility index (Phi) is 4.75. The highest BCUT2D eigenvalue weighted by molar-refractivity contribution is 5.89. The van der Waals surface area contributed by atoms with Crippen molar-refractivity contribution in [3.63, 3.8) is 0 Å². The lowest BCUT2D eigenvalue weighted by atomic mass is 10.2. The number of urea groups is 1. The first-order valence-electron chi connectivity index (χ1n) is 7.59. The number of amides is 2. The number of anilines is 2. The van der Waals surface area contributed by atoms with Crippen molar-refractivity contribution in [1.29, 1.82) is 0 Å². The maximum absolute atomic E-state index is 13.9. The van der Waals surface area contributed by atoms with Crippen LogP contribution >= 0.6 is 0 Å². The summed E-state index contributed by atoms with van der Waals surface area (Å²) in [6.45, 7) is 0. The molecule has 0 aliphatic heterocycles. The van der Waals surface area contributed by atoms with E-state index in [1.165, 1.54) is 0 Å². The number of hydrogen-bond acceptors (Lipinski definition) is 5. The molecule has 3 rings (SSSR count). The summed E-state index contributed by atoms with van der Waals surface area (Å²) in [6, 6.07) is -2.49. The summed E-state index contributed by atoms with van der Waals surface area (Å²) in [7, 11) is 1.15. The van der Waals surface area contributed by atoms with Crippen LogP contribution in [0.25, 0.3) is 11.0 Å². The van der Waals surface area contributed by atoms with Crippen molar-refractivity contribution in [3.8, 4) is 0 Å². The van der Waals surface area contributed by atoms with Gasteiger partial charge >= 0.3 is 12.2 Å². The molecule has 0 radical (unpaired) electrons. The normalized spacial score (nSPS) is 12.8. The van der Waals surface area contributed by atoms with E-state index in [0.29, 0.717) is 6.07 Å². The van der Waals surface area contributed by atoms with Crippen molar-refractivity contribution in [2.45, 2.75) is 12.2 Å². The number of nitrogen functional groups attached to an aromatic ring is 1. The zero-order chi connectivity index (χ0) is 20.6. The highest BCUT2D eigenvalue weighted by atomic mass is 19.4. The number of aromatic nitrogens is 4. The fourth-order valence-corrected chi connectivity index (χ4v) is 2.48. The van der Waals surface area contributed by atoms with E-state index >= 15 is 0 Å². The second-order valence-electron chi connectivity index (χ2n) is 5.69. The van der Waals surface area contributed by atoms with E-state index in [1.807, 2.05) is 0 Å². The first-order chi connectivity index (χ1) is 13.1. The Morgan fingerprint density at radius 1 is 1.21 bits per heavy atom. The van der Waals surface area contributed by atoms with Crippen LogP contribution in [0, 0.1) is 11.6 Å². The molecule has 8 nitrogen and oxygen atoms in total. The van der Waals surface area contributed by atoms with Gasteiger partial charge in [-0.25, -0.2) is 28.5 Å². The third kappa shape index (κ3) is 3.77. The lowest BCUT2D eigenvalue weighted by Crippen LogP contribution is -2.41. The summed E-state index contributed by atoms with van der Waals surface area (Å²) in [6.07, 6.45) is -2.78. The van der Waals surface area contributed by atoms with E-state index in [1.54, 1.807) is 5.32 Å². The largest absolute Gasteiger partial charge is 0.416 e. The monoisotopic (exact) mass is 401 g/mol. The number of halogens is 5. The van der Waals surface area contributed by atoms with Gasteiger partial charge in [-0.15, -0.1) is 0 Å². The second-order valence-corrected chi connectivity index (χ2v) is 5.69. The van der Waals surface area contributed by atoms with Crippen LogP contribution < -0.4 is 16.4 Å². The van der Waals surface area contributed by atoms with Crippen molar-refractivity contribution in [1.82, 2.24) is 24.8 Å². The van der Waals surface area contributed by atoms with Crippen LogP contribution in [0.2, 0.25) is 0 Å². The number of hydrogen-bond donors (Lipinski definition) is 3. The minimum atomic E-state index is -4.97. The quantitative estimate of drug-likeness (QED) is 0.585. The van der Waals surface area contributed by atoms with Crippen LogP contribution in [0.3, 0.4) is 0 Å². The molecular formula is C15H12F5N7O. The van der Waals surface area contributed by atoms with Gasteiger partial charge in [0.15, 0.2) is 11.9 Å². The van der Waals surface area contributed by atoms with E-state index in [0.717, 1.165) is 30.1 Å². The van der Waals surface area contributed by atoms with E-state index in [-0.39, 0.29) is 17.2 Å². The zero-order valence-corrected chi connectivity index (χ0v) is 14.1. The summed E-state index contributed by atoms with van der Waals surface area (Å²) < 4.78 is 68.7. The Balaban J connectivity index is 1.94. The molecular weight excluding hydrogens is 389 g/mol. The first-order valence-corrected chi connectivity index (χ1v) is 7.59. The Labute approximate surface area is 153 Å². The molecule has 2 aromatic heterocycles. The molecule has 148 valence electrons. The van der Waals surface area contributed by atoms with Gasteiger partial charge in [-0.2, -0.15) is 13.2 Å². The average molecular weight is 401 g/mol. The number of alkyl halides is 3. The lowest BCUT2D eigenvalue weighted by Gasteiger charge is -2.21. The molecule has 0 unspecified atom stereocenters. The Morgan fingerprint density at radius 2 is 1.86 bits per heavy atom. The third-order valence-corrected chi connectivity index (χ3v) is 3.73. The first kappa shape index (κ1) is 19.3. The van der Waals surface area contributed by atoms with Crippen molar-refractivity contribution < 1.29 is 26.7 Å². The smallest absolute Gasteiger partial charge is 0.368 e. The van der Waals surface area contributed by atoms with Crippen LogP contribution in [0.5, 0.6) is 0 Å². The van der Waals surface area contributed by atoms with Crippen LogP contribution in [0.4, 0.5) is 38.4 Å². The minimum Gasteiger partial charge on any atom is -0.368 e. The van der Waals surface area contributed by atoms with E-state index in [9.17, 15) is 26.7 Å². The number of nitrogens with zero attached hydrogens (tertiary/aromatic N) is 4. The number of aryl methyl sites for hydroxylation is 1. The third-order valence-electron chi connectivity index (χ3n) is 3.73. The van der Waals surface area contributed by atoms with Crippen molar-refractivity contribution >= 4 is 28.7 Å². The van der Waals surface area contributed by atoms with Gasteiger partial charge in [0.1, 0.15) is 17.2 Å². The number of rotatable bonds is 3. The molecule has 0 fully saturated rings. The minimum absolute atomic E-state index is 0.00857. The van der Waals surface area contributed by atoms with Crippen LogP contribution in [-0.4, -0.2) is 31.7 Å². The van der Waals surface area contributed by atoms with Crippen molar-refractivity contribution in [3.05, 3.63) is 42.0 Å². The topological polar surface area (TPSA) is 111 Å². The number of benzene rings is 1. The highest BCUT2D eigenvalue weighted by Crippen LogP contribution is 2.34. The molecule has 0 saturated carbocycles. The molecule has 0 spiro atoms. The number of nitrogens with one attached hydrogen (secondary N) is 2. The number of imidazole rings is 1. The molecule has 0 saturated heterocycles. The van der Waals surface area contributed by atoms with Gasteiger partial charge in [0.2, 0.25) is 5.95 Å². The van der Waals surface area contributed by atoms with Gasteiger partial charge in [-0.3, -0.25) is 0 Å². The standard InChI is InChI=1S/C15H12F5N7O/c1-27-9-3-6(16)2-8(17)10(9)25-12(27)11(15(18,19)20)26-14(28)24-7-4-22-13(21)23-5-7/h2-5,11H,1H3,(H2,21,22,23)(H2,24,26,28)/t11-/m1/s1. The second kappa shape index (κ2) is 6.90. The van der Waals surface area contributed by atoms with E-state index < -0.39 is 41.2 Å². The molecule has 0 bridgehead atoms. The summed E-state index contributed by atoms with van der Waals surface area (Å²) in [5.41, 5.74) is 4.62. The number of fused-ring (bicyclic) bond motifs is 1. The molecule has 1 aromatic carbocycles. The maximum atomic E-state index is 13.9. The molecule has 13 heteroatoms. The number of carbonyl (C=O) groups excluding carboxylic acids is 1. The Bertz CT molecular complexity index is 1030. The van der Waals surface area contributed by atoms with Crippen LogP contribution in [0.1, 0.15) is 11.9 Å². The number of carbonyl (C=O) groups is 1. The Morgan fingerprint density at radius 3 is 2.46 bits per heavy atom. The highest BCUT2D eigenvalue weighted by Gasteiger charge is 2.45. The summed E-state index contributed by atoms with van der Waals surface area (Å²) >= 11 is 0. The number of nitrogens with two attached hydrogens (primary N) is 1. The van der Waals surface area contributed by atoms with Gasteiger partial charge in [-0.05, 0) is 6.07 Å². The van der Waals surface area contributed by atoms with Gasteiger partial charge in [0.25, 0.3) is 0 Å². The average Bonchev–Trinajstić information content (AvgIpc) is 2.91. The molecule has 4 N–H and O–H groups in total. The maximum Gasteiger partial charge on any atom is 0.416 e. The van der Waals surface area contributed by atoms with Crippen LogP contribution in [-0.2, 0) is 7.05 Å². The molecule has 2 amide bonds. The molecule has 2 heterocycles. The summed E-state index contributed by atoms with van der Waals surface area (Å²) in [4.78, 5) is 22.8. The molecule has 1 atom stereocenters. The predicted octanol–water partition coefficient (Wildman–Crippen LogP) is 2.65. The SMILES string of the molecule is Cn1c([C@@H](NC(=O)Nc2cnc(N)nc2)C(F)(F)F)nc2c(F)cc(F)cc21. The fourth-order valence-electron chi connectivity index (χ4n) is 2.48. The fraction of sp³-hybridized carbons (Fsp3) is 0.200. The molecule has 28 heavy (non-hydrogen) atoms. The molecule has 3 aromatic rings. The van der Waals surface area contributed by atoms with Crippen molar-refractivity contribution in [2.24, 2.45) is 7.05 Å². The van der Waals surface area contributed by atoms with E-state index in [2.05, 4.69) is 20.3 Å². The summed E-state index contributed by atoms with van der Waals surface area (Å²) in [5.74, 6) is -2.91. The van der Waals surface area contributed by atoms with Crippen LogP contribution in [0.15, 0.2) is 24.5 Å². The van der Waals surface area contributed by atoms with Gasteiger partial charge in [0.05, 0.1) is 23.6 Å². The van der Waals surface area contributed by atoms with E-state index in [4.69, 9.17) is 5.73 Å².